The third kappa shape index (κ3) is 3.09. The summed E-state index contributed by atoms with van der Waals surface area (Å²) in [5, 5.41) is 7.45. The topological polar surface area (TPSA) is 59.3 Å². The van der Waals surface area contributed by atoms with Crippen LogP contribution in [0.5, 0.6) is 0 Å². The van der Waals surface area contributed by atoms with Crippen molar-refractivity contribution in [3.05, 3.63) is 65.1 Å². The Bertz CT molecular complexity index is 941. The Kier molecular flexibility index (Phi) is 4.23. The van der Waals surface area contributed by atoms with Crippen LogP contribution in [0.4, 0.5) is 0 Å². The minimum atomic E-state index is 0.103. The maximum absolute atomic E-state index is 12.4. The van der Waals surface area contributed by atoms with Crippen molar-refractivity contribution in [1.29, 1.82) is 0 Å². The van der Waals surface area contributed by atoms with Gasteiger partial charge in [0.25, 0.3) is 0 Å². The van der Waals surface area contributed by atoms with E-state index in [1.165, 1.54) is 5.56 Å². The molecule has 1 fully saturated rings. The van der Waals surface area contributed by atoms with Gasteiger partial charge in [-0.1, -0.05) is 30.3 Å². The summed E-state index contributed by atoms with van der Waals surface area (Å²) in [6.07, 6.45) is 5.21. The zero-order valence-corrected chi connectivity index (χ0v) is 15.3. The van der Waals surface area contributed by atoms with E-state index >= 15 is 0 Å². The van der Waals surface area contributed by atoms with Crippen molar-refractivity contribution in [3.63, 3.8) is 0 Å². The van der Waals surface area contributed by atoms with Crippen LogP contribution in [-0.4, -0.2) is 27.0 Å². The Morgan fingerprint density at radius 2 is 1.96 bits per heavy atom. The van der Waals surface area contributed by atoms with Gasteiger partial charge in [0.2, 0.25) is 5.91 Å². The van der Waals surface area contributed by atoms with Crippen LogP contribution in [-0.2, 0) is 16.6 Å². The number of hydrogen-bond donors (Lipinski definition) is 1. The molecule has 1 amide bonds. The Balaban J connectivity index is 1.38. The van der Waals surface area contributed by atoms with E-state index in [1.54, 1.807) is 6.20 Å². The lowest BCUT2D eigenvalue weighted by molar-refractivity contribution is -0.121. The molecule has 1 aromatic carbocycles. The van der Waals surface area contributed by atoms with E-state index in [0.717, 1.165) is 42.0 Å². The van der Waals surface area contributed by atoms with Crippen LogP contribution in [0.15, 0.2) is 42.6 Å². The van der Waals surface area contributed by atoms with Crippen LogP contribution < -0.4 is 5.32 Å². The highest BCUT2D eigenvalue weighted by atomic mass is 16.1. The molecule has 1 aliphatic carbocycles. The molecule has 5 nitrogen and oxygen atoms in total. The SMILES string of the molecule is Cc1nc2ccnn2c(C)c1CCC(=O)NCC1(c2ccccc2)CC1. The second kappa shape index (κ2) is 6.56. The van der Waals surface area contributed by atoms with Crippen molar-refractivity contribution in [2.75, 3.05) is 6.54 Å². The summed E-state index contributed by atoms with van der Waals surface area (Å²) < 4.78 is 1.84. The predicted molar refractivity (Wildman–Crippen MR) is 101 cm³/mol. The lowest BCUT2D eigenvalue weighted by Gasteiger charge is -2.17. The number of nitrogens with one attached hydrogen (secondary N) is 1. The first-order chi connectivity index (χ1) is 12.6. The number of hydrogen-bond acceptors (Lipinski definition) is 3. The fourth-order valence-electron chi connectivity index (χ4n) is 3.74. The van der Waals surface area contributed by atoms with Crippen molar-refractivity contribution >= 4 is 11.6 Å². The molecule has 4 rings (SSSR count). The molecule has 0 saturated heterocycles. The van der Waals surface area contributed by atoms with Gasteiger partial charge in [0.15, 0.2) is 5.65 Å². The Morgan fingerprint density at radius 1 is 1.19 bits per heavy atom. The maximum Gasteiger partial charge on any atom is 0.220 e. The molecule has 0 atom stereocenters. The highest BCUT2D eigenvalue weighted by Gasteiger charge is 2.44. The van der Waals surface area contributed by atoms with Gasteiger partial charge in [0.05, 0.1) is 6.20 Å². The molecule has 134 valence electrons. The van der Waals surface area contributed by atoms with E-state index in [2.05, 4.69) is 39.7 Å². The number of carbonyl (C=O) groups is 1. The number of benzene rings is 1. The molecule has 0 spiro atoms. The average molecular weight is 348 g/mol. The zero-order chi connectivity index (χ0) is 18.1. The first-order valence-corrected chi connectivity index (χ1v) is 9.21. The largest absolute Gasteiger partial charge is 0.355 e. The van der Waals surface area contributed by atoms with Gasteiger partial charge < -0.3 is 5.32 Å². The van der Waals surface area contributed by atoms with E-state index in [4.69, 9.17) is 0 Å². The second-order valence-electron chi connectivity index (χ2n) is 7.29. The van der Waals surface area contributed by atoms with Crippen molar-refractivity contribution in [2.24, 2.45) is 0 Å². The summed E-state index contributed by atoms with van der Waals surface area (Å²) >= 11 is 0. The minimum Gasteiger partial charge on any atom is -0.355 e. The fraction of sp³-hybridized carbons (Fsp3) is 0.381. The Labute approximate surface area is 153 Å². The molecule has 1 saturated carbocycles. The summed E-state index contributed by atoms with van der Waals surface area (Å²) in [4.78, 5) is 17.0. The molecule has 0 aliphatic heterocycles. The molecule has 1 aliphatic rings. The fourth-order valence-corrected chi connectivity index (χ4v) is 3.74. The molecule has 26 heavy (non-hydrogen) atoms. The number of fused-ring (bicyclic) bond motifs is 1. The van der Waals surface area contributed by atoms with Crippen LogP contribution >= 0.6 is 0 Å². The molecular formula is C21H24N4O. The van der Waals surface area contributed by atoms with Crippen molar-refractivity contribution < 1.29 is 4.79 Å². The lowest BCUT2D eigenvalue weighted by Crippen LogP contribution is -2.32. The summed E-state index contributed by atoms with van der Waals surface area (Å²) in [5.74, 6) is 0.103. The van der Waals surface area contributed by atoms with Crippen LogP contribution in [0, 0.1) is 13.8 Å². The number of amides is 1. The van der Waals surface area contributed by atoms with Gasteiger partial charge in [-0.05, 0) is 44.2 Å². The summed E-state index contributed by atoms with van der Waals surface area (Å²) in [6.45, 7) is 4.77. The first-order valence-electron chi connectivity index (χ1n) is 9.21. The zero-order valence-electron chi connectivity index (χ0n) is 15.3. The molecule has 0 radical (unpaired) electrons. The van der Waals surface area contributed by atoms with Gasteiger partial charge in [-0.15, -0.1) is 0 Å². The van der Waals surface area contributed by atoms with E-state index < -0.39 is 0 Å². The van der Waals surface area contributed by atoms with E-state index in [-0.39, 0.29) is 11.3 Å². The van der Waals surface area contributed by atoms with Gasteiger partial charge in [0.1, 0.15) is 0 Å². The van der Waals surface area contributed by atoms with E-state index in [1.807, 2.05) is 30.5 Å². The quantitative estimate of drug-likeness (QED) is 0.744. The normalized spacial score (nSPS) is 15.2. The maximum atomic E-state index is 12.4. The third-order valence-corrected chi connectivity index (χ3v) is 5.56. The van der Waals surface area contributed by atoms with E-state index in [9.17, 15) is 4.79 Å². The molecule has 5 heteroatoms. The van der Waals surface area contributed by atoms with E-state index in [0.29, 0.717) is 12.8 Å². The number of nitrogens with zero attached hydrogens (tertiary/aromatic N) is 3. The number of rotatable bonds is 6. The first kappa shape index (κ1) is 16.8. The van der Waals surface area contributed by atoms with Crippen molar-refractivity contribution in [1.82, 2.24) is 19.9 Å². The van der Waals surface area contributed by atoms with Gasteiger partial charge in [-0.2, -0.15) is 5.10 Å². The predicted octanol–water partition coefficient (Wildman–Crippen LogP) is 3.13. The minimum absolute atomic E-state index is 0.103. The van der Waals surface area contributed by atoms with Gasteiger partial charge >= 0.3 is 0 Å². The lowest BCUT2D eigenvalue weighted by atomic mass is 9.96. The molecule has 2 aromatic heterocycles. The highest BCUT2D eigenvalue weighted by molar-refractivity contribution is 5.76. The summed E-state index contributed by atoms with van der Waals surface area (Å²) in [6, 6.07) is 12.4. The molecular weight excluding hydrogens is 324 g/mol. The average Bonchev–Trinajstić information content (AvgIpc) is 3.30. The van der Waals surface area contributed by atoms with Crippen LogP contribution in [0.3, 0.4) is 0 Å². The molecule has 3 aromatic rings. The molecule has 1 N–H and O–H groups in total. The standard InChI is InChI=1S/C21H24N4O/c1-15-18(16(2)25-19(24-15)10-13-23-25)8-9-20(26)22-14-21(11-12-21)17-6-4-3-5-7-17/h3-7,10,13H,8-9,11-12,14H2,1-2H3,(H,22,26). The highest BCUT2D eigenvalue weighted by Crippen LogP contribution is 2.47. The van der Waals surface area contributed by atoms with Gasteiger partial charge in [0, 0.05) is 35.8 Å². The molecule has 2 heterocycles. The van der Waals surface area contributed by atoms with Crippen LogP contribution in [0.1, 0.15) is 41.8 Å². The van der Waals surface area contributed by atoms with Gasteiger partial charge in [-0.25, -0.2) is 9.50 Å². The number of carbonyl (C=O) groups excluding carboxylic acids is 1. The van der Waals surface area contributed by atoms with Crippen molar-refractivity contribution in [2.45, 2.75) is 44.9 Å². The summed E-state index contributed by atoms with van der Waals surface area (Å²) in [7, 11) is 0. The number of aryl methyl sites for hydroxylation is 2. The third-order valence-electron chi connectivity index (χ3n) is 5.56. The van der Waals surface area contributed by atoms with Crippen LogP contribution in [0.2, 0.25) is 0 Å². The number of aromatic nitrogens is 3. The molecule has 0 unspecified atom stereocenters. The summed E-state index contributed by atoms with van der Waals surface area (Å²) in [5.41, 5.74) is 5.49. The van der Waals surface area contributed by atoms with Crippen LogP contribution in [0.25, 0.3) is 5.65 Å². The molecule has 0 bridgehead atoms. The Morgan fingerprint density at radius 3 is 2.69 bits per heavy atom. The second-order valence-corrected chi connectivity index (χ2v) is 7.29. The monoisotopic (exact) mass is 348 g/mol. The van der Waals surface area contributed by atoms with Gasteiger partial charge in [-0.3, -0.25) is 4.79 Å². The van der Waals surface area contributed by atoms with Crippen molar-refractivity contribution in [3.8, 4) is 0 Å². The Hall–Kier alpha value is -2.69. The smallest absolute Gasteiger partial charge is 0.220 e.